The average molecular weight is 272 g/mol. The molecule has 3 saturated carbocycles. The lowest BCUT2D eigenvalue weighted by molar-refractivity contribution is -0.0489. The van der Waals surface area contributed by atoms with Gasteiger partial charge >= 0.3 is 0 Å². The van der Waals surface area contributed by atoms with E-state index < -0.39 is 0 Å². The molecule has 0 bridgehead atoms. The Kier molecular flexibility index (Phi) is 3.63. The van der Waals surface area contributed by atoms with Crippen molar-refractivity contribution in [1.29, 1.82) is 0 Å². The summed E-state index contributed by atoms with van der Waals surface area (Å²) in [6.45, 7) is 16.2. The first-order valence-electron chi connectivity index (χ1n) is 8.77. The third-order valence-electron chi connectivity index (χ3n) is 7.13. The zero-order chi connectivity index (χ0) is 14.5. The van der Waals surface area contributed by atoms with E-state index in [9.17, 15) is 0 Å². The molecule has 0 heteroatoms. The van der Waals surface area contributed by atoms with Gasteiger partial charge in [0.15, 0.2) is 0 Å². The van der Waals surface area contributed by atoms with Crippen LogP contribution >= 0.6 is 0 Å². The Bertz CT molecular complexity index is 418. The van der Waals surface area contributed by atoms with Crippen molar-refractivity contribution >= 4 is 0 Å². The summed E-state index contributed by atoms with van der Waals surface area (Å²) in [5.41, 5.74) is 3.56. The molecule has 0 saturated heterocycles. The van der Waals surface area contributed by atoms with Crippen LogP contribution < -0.4 is 0 Å². The van der Waals surface area contributed by atoms with Gasteiger partial charge in [0.25, 0.3) is 0 Å². The van der Waals surface area contributed by atoms with Gasteiger partial charge in [-0.15, -0.1) is 0 Å². The highest BCUT2D eigenvalue weighted by molar-refractivity contribution is 5.19. The molecule has 0 N–H and O–H groups in total. The second-order valence-corrected chi connectivity index (χ2v) is 8.43. The van der Waals surface area contributed by atoms with Crippen molar-refractivity contribution in [3.63, 3.8) is 0 Å². The van der Waals surface area contributed by atoms with Gasteiger partial charge in [-0.25, -0.2) is 0 Å². The van der Waals surface area contributed by atoms with Gasteiger partial charge in [-0.2, -0.15) is 0 Å². The molecule has 3 aliphatic carbocycles. The van der Waals surface area contributed by atoms with Gasteiger partial charge in [-0.1, -0.05) is 38.2 Å². The molecule has 0 spiro atoms. The minimum atomic E-state index is 0.543. The van der Waals surface area contributed by atoms with Crippen molar-refractivity contribution in [3.05, 3.63) is 24.3 Å². The number of hydrogen-bond acceptors (Lipinski definition) is 0. The molecule has 20 heavy (non-hydrogen) atoms. The fourth-order valence-corrected chi connectivity index (χ4v) is 6.09. The quantitative estimate of drug-likeness (QED) is 0.514. The van der Waals surface area contributed by atoms with Crippen LogP contribution in [0.2, 0.25) is 0 Å². The zero-order valence-corrected chi connectivity index (χ0v) is 13.8. The summed E-state index contributed by atoms with van der Waals surface area (Å²) >= 11 is 0. The molecule has 0 aromatic heterocycles. The minimum Gasteiger partial charge on any atom is -0.0998 e. The van der Waals surface area contributed by atoms with E-state index in [-0.39, 0.29) is 0 Å². The lowest BCUT2D eigenvalue weighted by Crippen LogP contribution is -2.50. The van der Waals surface area contributed by atoms with Gasteiger partial charge in [0.1, 0.15) is 0 Å². The van der Waals surface area contributed by atoms with Gasteiger partial charge in [0.05, 0.1) is 0 Å². The minimum absolute atomic E-state index is 0.543. The van der Waals surface area contributed by atoms with Crippen molar-refractivity contribution in [2.75, 3.05) is 0 Å². The fraction of sp³-hybridized carbons (Fsp3) is 0.800. The Hall–Kier alpha value is -0.520. The maximum atomic E-state index is 4.52. The molecular formula is C20H32. The van der Waals surface area contributed by atoms with Crippen LogP contribution in [0.4, 0.5) is 0 Å². The fourth-order valence-electron chi connectivity index (χ4n) is 6.09. The number of hydrogen-bond donors (Lipinski definition) is 0. The summed E-state index contributed by atoms with van der Waals surface area (Å²) in [6.07, 6.45) is 9.75. The molecule has 3 aliphatic rings. The van der Waals surface area contributed by atoms with Crippen molar-refractivity contribution < 1.29 is 0 Å². The molecule has 0 amide bonds. The van der Waals surface area contributed by atoms with Crippen LogP contribution in [-0.4, -0.2) is 0 Å². The molecule has 3 rings (SSSR count). The van der Waals surface area contributed by atoms with Gasteiger partial charge < -0.3 is 0 Å². The molecule has 0 nitrogen and oxygen atoms in total. The van der Waals surface area contributed by atoms with E-state index in [1.54, 1.807) is 5.57 Å². The number of fused-ring (bicyclic) bond motifs is 3. The predicted octanol–water partition coefficient (Wildman–Crippen LogP) is 6.00. The predicted molar refractivity (Wildman–Crippen MR) is 87.5 cm³/mol. The maximum absolute atomic E-state index is 4.52. The van der Waals surface area contributed by atoms with Crippen LogP contribution in [0.5, 0.6) is 0 Å². The first-order chi connectivity index (χ1) is 9.44. The first-order valence-corrected chi connectivity index (χ1v) is 8.77. The van der Waals surface area contributed by atoms with Gasteiger partial charge in [0, 0.05) is 0 Å². The summed E-state index contributed by atoms with van der Waals surface area (Å²) in [6, 6.07) is 0. The van der Waals surface area contributed by atoms with E-state index in [4.69, 9.17) is 0 Å². The van der Waals surface area contributed by atoms with Gasteiger partial charge in [-0.05, 0) is 86.9 Å². The second-order valence-electron chi connectivity index (χ2n) is 8.43. The Morgan fingerprint density at radius 1 is 1.20 bits per heavy atom. The van der Waals surface area contributed by atoms with E-state index in [1.807, 2.05) is 0 Å². The molecule has 6 atom stereocenters. The smallest absolute Gasteiger partial charge is 0.0115 e. The number of allylic oxidation sites excluding steroid dienone is 2. The van der Waals surface area contributed by atoms with Crippen molar-refractivity contribution in [1.82, 2.24) is 0 Å². The Labute approximate surface area is 125 Å². The zero-order valence-electron chi connectivity index (χ0n) is 13.8. The molecule has 0 aliphatic heterocycles. The Balaban J connectivity index is 1.99. The summed E-state index contributed by atoms with van der Waals surface area (Å²) in [4.78, 5) is 0. The highest BCUT2D eigenvalue weighted by atomic mass is 14.6. The summed E-state index contributed by atoms with van der Waals surface area (Å²) in [5.74, 6) is 4.23. The lowest BCUT2D eigenvalue weighted by Gasteiger charge is -2.58. The lowest BCUT2D eigenvalue weighted by atomic mass is 9.46. The van der Waals surface area contributed by atoms with E-state index in [2.05, 4.69) is 33.9 Å². The largest absolute Gasteiger partial charge is 0.0998 e. The monoisotopic (exact) mass is 272 g/mol. The average Bonchev–Trinajstić information content (AvgIpc) is 2.37. The second kappa shape index (κ2) is 5.04. The van der Waals surface area contributed by atoms with Gasteiger partial charge in [0.2, 0.25) is 0 Å². The van der Waals surface area contributed by atoms with E-state index in [0.29, 0.717) is 5.41 Å². The third-order valence-corrected chi connectivity index (χ3v) is 7.13. The van der Waals surface area contributed by atoms with Crippen molar-refractivity contribution in [2.24, 2.45) is 35.0 Å². The highest BCUT2D eigenvalue weighted by Gasteiger charge is 2.53. The third kappa shape index (κ3) is 2.11. The van der Waals surface area contributed by atoms with E-state index >= 15 is 0 Å². The van der Waals surface area contributed by atoms with Crippen LogP contribution in [0.25, 0.3) is 0 Å². The van der Waals surface area contributed by atoms with Crippen LogP contribution in [0.3, 0.4) is 0 Å². The molecule has 112 valence electrons. The van der Waals surface area contributed by atoms with Crippen molar-refractivity contribution in [3.8, 4) is 0 Å². The first kappa shape index (κ1) is 14.4. The van der Waals surface area contributed by atoms with E-state index in [0.717, 1.165) is 29.6 Å². The van der Waals surface area contributed by atoms with Gasteiger partial charge in [-0.3, -0.25) is 0 Å². The van der Waals surface area contributed by atoms with Crippen LogP contribution in [0, 0.1) is 35.0 Å². The highest BCUT2D eigenvalue weighted by Crippen LogP contribution is 2.62. The topological polar surface area (TPSA) is 0 Å². The van der Waals surface area contributed by atoms with Crippen LogP contribution in [-0.2, 0) is 0 Å². The molecule has 0 aromatic carbocycles. The molecular weight excluding hydrogens is 240 g/mol. The Morgan fingerprint density at radius 2 is 1.95 bits per heavy atom. The number of rotatable bonds is 1. The molecule has 0 heterocycles. The molecule has 0 unspecified atom stereocenters. The summed E-state index contributed by atoms with van der Waals surface area (Å²) in [5, 5.41) is 0. The molecule has 3 fully saturated rings. The van der Waals surface area contributed by atoms with Crippen molar-refractivity contribution in [2.45, 2.75) is 65.7 Å². The van der Waals surface area contributed by atoms with E-state index in [1.165, 1.54) is 50.5 Å². The molecule has 0 radical (unpaired) electrons. The SMILES string of the molecule is C=C(C)[C@@H]1CC[C@H](C)[C@H]2CC[C@]3(C)CCCC(=C)[C@H]3[C@@H]21. The Morgan fingerprint density at radius 3 is 2.65 bits per heavy atom. The summed E-state index contributed by atoms with van der Waals surface area (Å²) in [7, 11) is 0. The summed E-state index contributed by atoms with van der Waals surface area (Å²) < 4.78 is 0. The van der Waals surface area contributed by atoms with Crippen LogP contribution in [0.1, 0.15) is 65.7 Å². The normalized spacial score (nSPS) is 48.4. The maximum Gasteiger partial charge on any atom is -0.0115 e. The standard InChI is InChI=1S/C20H32/c1-13(2)16-9-8-14(3)17-10-12-20(5)11-6-7-15(4)19(20)18(16)17/h14,16-19H,1,4,6-12H2,2-3,5H3/t14-,16-,17+,18+,19-,20-/m0/s1. The van der Waals surface area contributed by atoms with Crippen LogP contribution in [0.15, 0.2) is 24.3 Å². The molecule has 0 aromatic rings.